The molecule has 0 atom stereocenters. The van der Waals surface area contributed by atoms with Crippen molar-refractivity contribution >= 4 is 40.5 Å². The molecule has 2 amide bonds. The van der Waals surface area contributed by atoms with Gasteiger partial charge in [-0.25, -0.2) is 0 Å². The second kappa shape index (κ2) is 6.52. The third kappa shape index (κ3) is 3.18. The SMILES string of the molecule is CCN1C(=O)Cc2cc(NC(=O)c3cc([N+](=O)[O-])ccc3Cl)ccc21. The molecule has 0 bridgehead atoms. The van der Waals surface area contributed by atoms with Gasteiger partial charge in [-0.2, -0.15) is 0 Å². The lowest BCUT2D eigenvalue weighted by atomic mass is 10.1. The highest BCUT2D eigenvalue weighted by Crippen LogP contribution is 2.31. The van der Waals surface area contributed by atoms with E-state index in [4.69, 9.17) is 11.6 Å². The van der Waals surface area contributed by atoms with E-state index in [1.54, 1.807) is 23.1 Å². The summed E-state index contributed by atoms with van der Waals surface area (Å²) in [5, 5.41) is 13.6. The summed E-state index contributed by atoms with van der Waals surface area (Å²) in [4.78, 5) is 36.3. The van der Waals surface area contributed by atoms with Crippen LogP contribution in [0.1, 0.15) is 22.8 Å². The largest absolute Gasteiger partial charge is 0.322 e. The molecule has 2 aromatic rings. The van der Waals surface area contributed by atoms with Crippen LogP contribution in [0.15, 0.2) is 36.4 Å². The topological polar surface area (TPSA) is 92.6 Å². The van der Waals surface area contributed by atoms with Gasteiger partial charge < -0.3 is 10.2 Å². The third-order valence-corrected chi connectivity index (χ3v) is 4.32. The maximum absolute atomic E-state index is 12.4. The fourth-order valence-electron chi connectivity index (χ4n) is 2.81. The lowest BCUT2D eigenvalue weighted by Crippen LogP contribution is -2.25. The van der Waals surface area contributed by atoms with Gasteiger partial charge in [-0.1, -0.05) is 11.6 Å². The smallest absolute Gasteiger partial charge is 0.270 e. The maximum Gasteiger partial charge on any atom is 0.270 e. The fraction of sp³-hybridized carbons (Fsp3) is 0.176. The Morgan fingerprint density at radius 2 is 2.08 bits per heavy atom. The minimum atomic E-state index is -0.590. The van der Waals surface area contributed by atoms with Crippen LogP contribution in [0.25, 0.3) is 0 Å². The van der Waals surface area contributed by atoms with Gasteiger partial charge in [-0.05, 0) is 36.8 Å². The number of hydrogen-bond donors (Lipinski definition) is 1. The quantitative estimate of drug-likeness (QED) is 0.668. The average Bonchev–Trinajstić information content (AvgIpc) is 2.89. The molecule has 25 heavy (non-hydrogen) atoms. The molecule has 0 spiro atoms. The minimum absolute atomic E-state index is 0.0163. The van der Waals surface area contributed by atoms with Crippen molar-refractivity contribution in [3.63, 3.8) is 0 Å². The van der Waals surface area contributed by atoms with Crippen LogP contribution >= 0.6 is 11.6 Å². The van der Waals surface area contributed by atoms with Gasteiger partial charge in [0.15, 0.2) is 0 Å². The maximum atomic E-state index is 12.4. The zero-order chi connectivity index (χ0) is 18.1. The van der Waals surface area contributed by atoms with Crippen LogP contribution in [0.3, 0.4) is 0 Å². The van der Waals surface area contributed by atoms with Crippen molar-refractivity contribution in [2.24, 2.45) is 0 Å². The number of nitro groups is 1. The van der Waals surface area contributed by atoms with Gasteiger partial charge in [0.2, 0.25) is 5.91 Å². The van der Waals surface area contributed by atoms with Gasteiger partial charge in [0.25, 0.3) is 11.6 Å². The Bertz CT molecular complexity index is 897. The normalized spacial score (nSPS) is 12.9. The predicted molar refractivity (Wildman–Crippen MR) is 94.2 cm³/mol. The van der Waals surface area contributed by atoms with Crippen LogP contribution in [-0.4, -0.2) is 23.3 Å². The first-order chi connectivity index (χ1) is 11.9. The van der Waals surface area contributed by atoms with E-state index >= 15 is 0 Å². The molecule has 0 aliphatic carbocycles. The Morgan fingerprint density at radius 1 is 1.32 bits per heavy atom. The van der Waals surface area contributed by atoms with E-state index in [0.717, 1.165) is 17.3 Å². The van der Waals surface area contributed by atoms with Crippen molar-refractivity contribution in [2.75, 3.05) is 16.8 Å². The number of fused-ring (bicyclic) bond motifs is 1. The number of amides is 2. The molecule has 0 saturated heterocycles. The van der Waals surface area contributed by atoms with Gasteiger partial charge in [-0.15, -0.1) is 0 Å². The Morgan fingerprint density at radius 3 is 2.76 bits per heavy atom. The monoisotopic (exact) mass is 359 g/mol. The van der Waals surface area contributed by atoms with E-state index in [1.165, 1.54) is 12.1 Å². The second-order valence-electron chi connectivity index (χ2n) is 5.53. The number of nitrogens with one attached hydrogen (secondary N) is 1. The first kappa shape index (κ1) is 16.9. The molecule has 128 valence electrons. The molecule has 0 saturated carbocycles. The number of anilines is 2. The first-order valence-corrected chi connectivity index (χ1v) is 7.97. The summed E-state index contributed by atoms with van der Waals surface area (Å²) in [5.74, 6) is -0.534. The molecule has 8 heteroatoms. The number of benzene rings is 2. The van der Waals surface area contributed by atoms with E-state index in [9.17, 15) is 19.7 Å². The number of carbonyl (C=O) groups excluding carboxylic acids is 2. The van der Waals surface area contributed by atoms with Crippen molar-refractivity contribution in [3.05, 3.63) is 62.7 Å². The third-order valence-electron chi connectivity index (χ3n) is 3.99. The number of nitro benzene ring substituents is 1. The first-order valence-electron chi connectivity index (χ1n) is 7.59. The molecule has 2 aromatic carbocycles. The Labute approximate surface area is 148 Å². The van der Waals surface area contributed by atoms with E-state index in [2.05, 4.69) is 5.32 Å². The number of likely N-dealkylation sites (N-methyl/N-ethyl adjacent to an activating group) is 1. The summed E-state index contributed by atoms with van der Waals surface area (Å²) in [6.45, 7) is 2.48. The summed E-state index contributed by atoms with van der Waals surface area (Å²) in [7, 11) is 0. The highest BCUT2D eigenvalue weighted by Gasteiger charge is 2.26. The fourth-order valence-corrected chi connectivity index (χ4v) is 3.01. The number of halogens is 1. The highest BCUT2D eigenvalue weighted by molar-refractivity contribution is 6.34. The van der Waals surface area contributed by atoms with Crippen molar-refractivity contribution in [1.82, 2.24) is 0 Å². The summed E-state index contributed by atoms with van der Waals surface area (Å²) in [6, 6.07) is 8.87. The van der Waals surface area contributed by atoms with Gasteiger partial charge in [0, 0.05) is 30.1 Å². The summed E-state index contributed by atoms with van der Waals surface area (Å²) in [5.41, 5.74) is 1.96. The Balaban J connectivity index is 1.85. The summed E-state index contributed by atoms with van der Waals surface area (Å²) < 4.78 is 0. The molecule has 7 nitrogen and oxygen atoms in total. The zero-order valence-electron chi connectivity index (χ0n) is 13.3. The van der Waals surface area contributed by atoms with Gasteiger partial charge in [0.1, 0.15) is 0 Å². The molecule has 0 aromatic heterocycles. The molecule has 1 heterocycles. The van der Waals surface area contributed by atoms with Crippen LogP contribution in [0.2, 0.25) is 5.02 Å². The van der Waals surface area contributed by atoms with Crippen molar-refractivity contribution in [1.29, 1.82) is 0 Å². The molecule has 1 aliphatic heterocycles. The molecule has 1 N–H and O–H groups in total. The van der Waals surface area contributed by atoms with Crippen molar-refractivity contribution < 1.29 is 14.5 Å². The van der Waals surface area contributed by atoms with Gasteiger partial charge >= 0.3 is 0 Å². The van der Waals surface area contributed by atoms with Gasteiger partial charge in [-0.3, -0.25) is 19.7 Å². The molecule has 0 unspecified atom stereocenters. The van der Waals surface area contributed by atoms with Crippen LogP contribution in [0.4, 0.5) is 17.1 Å². The number of rotatable bonds is 4. The Kier molecular flexibility index (Phi) is 4.41. The lowest BCUT2D eigenvalue weighted by molar-refractivity contribution is -0.384. The molecular formula is C17H14ClN3O4. The molecule has 0 fully saturated rings. The van der Waals surface area contributed by atoms with Crippen molar-refractivity contribution in [3.8, 4) is 0 Å². The minimum Gasteiger partial charge on any atom is -0.322 e. The number of carbonyl (C=O) groups is 2. The number of hydrogen-bond acceptors (Lipinski definition) is 4. The highest BCUT2D eigenvalue weighted by atomic mass is 35.5. The van der Waals surface area contributed by atoms with Crippen LogP contribution < -0.4 is 10.2 Å². The molecule has 1 aliphatic rings. The predicted octanol–water partition coefficient (Wildman–Crippen LogP) is 3.41. The second-order valence-corrected chi connectivity index (χ2v) is 5.94. The molecule has 0 radical (unpaired) electrons. The summed E-state index contributed by atoms with van der Waals surface area (Å²) in [6.07, 6.45) is 0.282. The molecular weight excluding hydrogens is 346 g/mol. The van der Waals surface area contributed by atoms with Crippen LogP contribution in [0, 0.1) is 10.1 Å². The lowest BCUT2D eigenvalue weighted by Gasteiger charge is -2.15. The van der Waals surface area contributed by atoms with Crippen molar-refractivity contribution in [2.45, 2.75) is 13.3 Å². The van der Waals surface area contributed by atoms with E-state index < -0.39 is 10.8 Å². The Hall–Kier alpha value is -2.93. The average molecular weight is 360 g/mol. The molecule has 3 rings (SSSR count). The van der Waals surface area contributed by atoms with E-state index in [1.807, 2.05) is 6.92 Å². The number of non-ortho nitro benzene ring substituents is 1. The van der Waals surface area contributed by atoms with E-state index in [-0.39, 0.29) is 28.6 Å². The van der Waals surface area contributed by atoms with Crippen LogP contribution in [0.5, 0.6) is 0 Å². The van der Waals surface area contributed by atoms with Crippen LogP contribution in [-0.2, 0) is 11.2 Å². The standard InChI is InChI=1S/C17H14ClN3O4/c1-2-20-15-6-3-11(7-10(15)8-16(20)22)19-17(23)13-9-12(21(24)25)4-5-14(13)18/h3-7,9H,2,8H2,1H3,(H,19,23). The zero-order valence-corrected chi connectivity index (χ0v) is 14.0. The summed E-state index contributed by atoms with van der Waals surface area (Å²) >= 11 is 5.98. The number of nitrogens with zero attached hydrogens (tertiary/aromatic N) is 2. The van der Waals surface area contributed by atoms with Gasteiger partial charge in [0.05, 0.1) is 21.9 Å². The van der Waals surface area contributed by atoms with E-state index in [0.29, 0.717) is 12.2 Å².